The normalized spacial score (nSPS) is 10.3. The molecule has 0 aromatic carbocycles. The Kier molecular flexibility index (Phi) is 4.89. The predicted molar refractivity (Wildman–Crippen MR) is 65.5 cm³/mol. The third-order valence-electron chi connectivity index (χ3n) is 1.80. The fourth-order valence-corrected chi connectivity index (χ4v) is 1.84. The highest BCUT2D eigenvalue weighted by Crippen LogP contribution is 2.14. The lowest BCUT2D eigenvalue weighted by Gasteiger charge is -2.08. The molecule has 1 amide bonds. The van der Waals surface area contributed by atoms with Gasteiger partial charge in [0.2, 0.25) is 5.91 Å². The number of anilines is 1. The van der Waals surface area contributed by atoms with E-state index in [9.17, 15) is 9.59 Å². The number of hydrogen-bond donors (Lipinski definition) is 3. The van der Waals surface area contributed by atoms with Gasteiger partial charge in [-0.25, -0.2) is 9.78 Å². The monoisotopic (exact) mass is 257 g/mol. The Morgan fingerprint density at radius 2 is 2.24 bits per heavy atom. The van der Waals surface area contributed by atoms with Crippen LogP contribution in [-0.2, 0) is 4.79 Å². The van der Waals surface area contributed by atoms with Gasteiger partial charge < -0.3 is 15.7 Å². The standard InChI is InChI=1S/C10H15N3O3S/c1-6(2)12-8(14)3-4-11-10-13-7(5-17-10)9(15)16/h5-6H,3-4H2,1-2H3,(H,11,13)(H,12,14)(H,15,16). The lowest BCUT2D eigenvalue weighted by atomic mass is 10.3. The Bertz CT molecular complexity index is 403. The van der Waals surface area contributed by atoms with Crippen molar-refractivity contribution in [2.24, 2.45) is 0 Å². The van der Waals surface area contributed by atoms with Crippen molar-refractivity contribution in [1.82, 2.24) is 10.3 Å². The van der Waals surface area contributed by atoms with E-state index in [0.717, 1.165) is 0 Å². The highest BCUT2D eigenvalue weighted by atomic mass is 32.1. The van der Waals surface area contributed by atoms with E-state index in [1.54, 1.807) is 0 Å². The Morgan fingerprint density at radius 1 is 1.53 bits per heavy atom. The zero-order chi connectivity index (χ0) is 12.8. The van der Waals surface area contributed by atoms with Crippen LogP contribution < -0.4 is 10.6 Å². The smallest absolute Gasteiger partial charge is 0.355 e. The second-order valence-corrected chi connectivity index (χ2v) is 4.60. The second-order valence-electron chi connectivity index (χ2n) is 3.74. The van der Waals surface area contributed by atoms with Gasteiger partial charge in [-0.1, -0.05) is 0 Å². The number of rotatable bonds is 6. The number of carboxylic acid groups (broad SMARTS) is 1. The number of aromatic nitrogens is 1. The van der Waals surface area contributed by atoms with Gasteiger partial charge in [0.1, 0.15) is 0 Å². The molecular weight excluding hydrogens is 242 g/mol. The number of carboxylic acids is 1. The van der Waals surface area contributed by atoms with E-state index in [1.807, 2.05) is 13.8 Å². The van der Waals surface area contributed by atoms with Gasteiger partial charge in [0, 0.05) is 24.4 Å². The first-order valence-electron chi connectivity index (χ1n) is 5.21. The minimum atomic E-state index is -1.05. The summed E-state index contributed by atoms with van der Waals surface area (Å²) in [7, 11) is 0. The van der Waals surface area contributed by atoms with Gasteiger partial charge in [-0.15, -0.1) is 11.3 Å². The Labute approximate surface area is 103 Å². The van der Waals surface area contributed by atoms with Crippen molar-refractivity contribution >= 4 is 28.3 Å². The molecular formula is C10H15N3O3S. The van der Waals surface area contributed by atoms with Crippen LogP contribution in [0.2, 0.25) is 0 Å². The molecule has 3 N–H and O–H groups in total. The first-order valence-corrected chi connectivity index (χ1v) is 6.09. The number of hydrogen-bond acceptors (Lipinski definition) is 5. The largest absolute Gasteiger partial charge is 0.476 e. The van der Waals surface area contributed by atoms with Crippen molar-refractivity contribution in [3.8, 4) is 0 Å². The third kappa shape index (κ3) is 4.81. The van der Waals surface area contributed by atoms with Crippen LogP contribution in [-0.4, -0.2) is 34.6 Å². The Hall–Kier alpha value is -1.63. The maximum absolute atomic E-state index is 11.3. The molecule has 0 aliphatic rings. The molecule has 0 bridgehead atoms. The van der Waals surface area contributed by atoms with Crippen LogP contribution in [0.25, 0.3) is 0 Å². The number of carbonyl (C=O) groups excluding carboxylic acids is 1. The van der Waals surface area contributed by atoms with Gasteiger partial charge in [-0.05, 0) is 13.8 Å². The first-order chi connectivity index (χ1) is 7.99. The molecule has 0 unspecified atom stereocenters. The number of thiazole rings is 1. The fraction of sp³-hybridized carbons (Fsp3) is 0.500. The van der Waals surface area contributed by atoms with Crippen molar-refractivity contribution in [3.63, 3.8) is 0 Å². The van der Waals surface area contributed by atoms with E-state index in [2.05, 4.69) is 15.6 Å². The maximum Gasteiger partial charge on any atom is 0.355 e. The lowest BCUT2D eigenvalue weighted by Crippen LogP contribution is -2.31. The summed E-state index contributed by atoms with van der Waals surface area (Å²) >= 11 is 1.21. The second kappa shape index (κ2) is 6.19. The van der Waals surface area contributed by atoms with Crippen molar-refractivity contribution in [2.45, 2.75) is 26.3 Å². The molecule has 0 aliphatic heterocycles. The number of amides is 1. The number of aromatic carboxylic acids is 1. The number of nitrogens with zero attached hydrogens (tertiary/aromatic N) is 1. The molecule has 7 heteroatoms. The molecule has 0 atom stereocenters. The Morgan fingerprint density at radius 3 is 2.76 bits per heavy atom. The molecule has 6 nitrogen and oxygen atoms in total. The molecule has 1 heterocycles. The molecule has 1 rings (SSSR count). The van der Waals surface area contributed by atoms with Gasteiger partial charge >= 0.3 is 5.97 Å². The topological polar surface area (TPSA) is 91.3 Å². The van der Waals surface area contributed by atoms with Crippen LogP contribution in [0.1, 0.15) is 30.8 Å². The molecule has 0 saturated carbocycles. The third-order valence-corrected chi connectivity index (χ3v) is 2.60. The summed E-state index contributed by atoms with van der Waals surface area (Å²) in [6.07, 6.45) is 0.333. The van der Waals surface area contributed by atoms with Crippen molar-refractivity contribution < 1.29 is 14.7 Å². The highest BCUT2D eigenvalue weighted by molar-refractivity contribution is 7.13. The molecule has 0 fully saturated rings. The summed E-state index contributed by atoms with van der Waals surface area (Å²) in [6, 6.07) is 0.126. The molecule has 0 radical (unpaired) electrons. The van der Waals surface area contributed by atoms with E-state index in [0.29, 0.717) is 18.1 Å². The summed E-state index contributed by atoms with van der Waals surface area (Å²) in [5.74, 6) is -1.09. The molecule has 1 aromatic heterocycles. The minimum Gasteiger partial charge on any atom is -0.476 e. The lowest BCUT2D eigenvalue weighted by molar-refractivity contribution is -0.121. The molecule has 17 heavy (non-hydrogen) atoms. The highest BCUT2D eigenvalue weighted by Gasteiger charge is 2.08. The van der Waals surface area contributed by atoms with Crippen LogP contribution in [0, 0.1) is 0 Å². The van der Waals surface area contributed by atoms with E-state index in [-0.39, 0.29) is 17.6 Å². The summed E-state index contributed by atoms with van der Waals surface area (Å²) < 4.78 is 0. The van der Waals surface area contributed by atoms with Crippen LogP contribution in [0.5, 0.6) is 0 Å². The van der Waals surface area contributed by atoms with Crippen molar-refractivity contribution in [3.05, 3.63) is 11.1 Å². The summed E-state index contributed by atoms with van der Waals surface area (Å²) in [6.45, 7) is 4.22. The zero-order valence-electron chi connectivity index (χ0n) is 9.69. The average molecular weight is 257 g/mol. The number of carbonyl (C=O) groups is 2. The first kappa shape index (κ1) is 13.4. The van der Waals surface area contributed by atoms with E-state index in [1.165, 1.54) is 16.7 Å². The molecule has 0 aliphatic carbocycles. The SMILES string of the molecule is CC(C)NC(=O)CCNc1nc(C(=O)O)cs1. The van der Waals surface area contributed by atoms with Crippen molar-refractivity contribution in [1.29, 1.82) is 0 Å². The van der Waals surface area contributed by atoms with Crippen LogP contribution in [0.15, 0.2) is 5.38 Å². The quantitative estimate of drug-likeness (QED) is 0.711. The molecule has 1 aromatic rings. The Balaban J connectivity index is 2.31. The predicted octanol–water partition coefficient (Wildman–Crippen LogP) is 1.17. The van der Waals surface area contributed by atoms with Gasteiger partial charge in [0.05, 0.1) is 0 Å². The van der Waals surface area contributed by atoms with Crippen molar-refractivity contribution in [2.75, 3.05) is 11.9 Å². The minimum absolute atomic E-state index is 0.0177. The summed E-state index contributed by atoms with van der Waals surface area (Å²) in [5, 5.41) is 16.3. The van der Waals surface area contributed by atoms with Crippen LogP contribution in [0.3, 0.4) is 0 Å². The summed E-state index contributed by atoms with van der Waals surface area (Å²) in [5.41, 5.74) is 0.0177. The van der Waals surface area contributed by atoms with E-state index in [4.69, 9.17) is 5.11 Å². The molecule has 94 valence electrons. The van der Waals surface area contributed by atoms with Crippen LogP contribution >= 0.6 is 11.3 Å². The van der Waals surface area contributed by atoms with Gasteiger partial charge in [-0.2, -0.15) is 0 Å². The van der Waals surface area contributed by atoms with Gasteiger partial charge in [0.25, 0.3) is 0 Å². The van der Waals surface area contributed by atoms with Gasteiger partial charge in [-0.3, -0.25) is 4.79 Å². The van der Waals surface area contributed by atoms with E-state index < -0.39 is 5.97 Å². The van der Waals surface area contributed by atoms with Gasteiger partial charge in [0.15, 0.2) is 10.8 Å². The maximum atomic E-state index is 11.3. The molecule has 0 spiro atoms. The van der Waals surface area contributed by atoms with E-state index >= 15 is 0 Å². The number of nitrogens with one attached hydrogen (secondary N) is 2. The average Bonchev–Trinajstić information content (AvgIpc) is 2.65. The fourth-order valence-electron chi connectivity index (χ4n) is 1.13. The summed E-state index contributed by atoms with van der Waals surface area (Å²) in [4.78, 5) is 25.7. The zero-order valence-corrected chi connectivity index (χ0v) is 10.5. The molecule has 0 saturated heterocycles. The van der Waals surface area contributed by atoms with Crippen LogP contribution in [0.4, 0.5) is 5.13 Å².